The summed E-state index contributed by atoms with van der Waals surface area (Å²) in [6, 6.07) is 1.40. The number of hydrogen-bond acceptors (Lipinski definition) is 4. The van der Waals surface area contributed by atoms with Crippen molar-refractivity contribution in [3.8, 4) is 0 Å². The Balaban J connectivity index is 2.34. The first-order chi connectivity index (χ1) is 7.91. The third kappa shape index (κ3) is 1.84. The molecule has 1 aliphatic rings. The van der Waals surface area contributed by atoms with E-state index < -0.39 is 6.04 Å². The molecule has 17 heavy (non-hydrogen) atoms. The Morgan fingerprint density at radius 3 is 2.41 bits per heavy atom. The van der Waals surface area contributed by atoms with E-state index >= 15 is 0 Å². The van der Waals surface area contributed by atoms with E-state index in [-0.39, 0.29) is 18.2 Å². The Bertz CT molecular complexity index is 478. The number of carbonyl (C=O) groups excluding carboxylic acids is 2. The summed E-state index contributed by atoms with van der Waals surface area (Å²) in [5.74, 6) is -0.399. The summed E-state index contributed by atoms with van der Waals surface area (Å²) in [4.78, 5) is 23.9. The lowest BCUT2D eigenvalue weighted by molar-refractivity contribution is -0.153. The Hall–Kier alpha value is -1.69. The molecule has 1 aromatic heterocycles. The first-order valence-electron chi connectivity index (χ1n) is 5.48. The van der Waals surface area contributed by atoms with Crippen molar-refractivity contribution in [2.45, 2.75) is 26.3 Å². The molecule has 2 heterocycles. The lowest BCUT2D eigenvalue weighted by atomic mass is 10.2. The minimum absolute atomic E-state index is 0.180. The number of hydrazine groups is 1. The van der Waals surface area contributed by atoms with E-state index in [1.165, 1.54) is 10.0 Å². The normalized spacial score (nSPS) is 20.8. The van der Waals surface area contributed by atoms with E-state index in [2.05, 4.69) is 5.10 Å². The predicted molar refractivity (Wildman–Crippen MR) is 60.9 cm³/mol. The molecule has 1 aromatic rings. The predicted octanol–water partition coefficient (Wildman–Crippen LogP) is 0.277. The van der Waals surface area contributed by atoms with Crippen molar-refractivity contribution in [1.29, 1.82) is 0 Å². The Morgan fingerprint density at radius 1 is 1.35 bits per heavy atom. The van der Waals surface area contributed by atoms with Gasteiger partial charge >= 0.3 is 0 Å². The fourth-order valence-corrected chi connectivity index (χ4v) is 2.18. The maximum absolute atomic E-state index is 12.1. The van der Waals surface area contributed by atoms with Crippen LogP contribution in [0, 0.1) is 13.8 Å². The van der Waals surface area contributed by atoms with Crippen LogP contribution in [0.1, 0.15) is 23.9 Å². The van der Waals surface area contributed by atoms with Crippen LogP contribution < -0.4 is 0 Å². The van der Waals surface area contributed by atoms with Gasteiger partial charge in [-0.15, -0.1) is 0 Å². The monoisotopic (exact) mass is 236 g/mol. The average Bonchev–Trinajstić information content (AvgIpc) is 2.67. The molecule has 6 heteroatoms. The van der Waals surface area contributed by atoms with Crippen LogP contribution in [-0.2, 0) is 9.59 Å². The lowest BCUT2D eigenvalue weighted by Gasteiger charge is -2.21. The number of carbonyl (C=O) groups is 2. The molecule has 0 aliphatic carbocycles. The molecular formula is C11H16N4O2. The number of nitrogens with zero attached hydrogens (tertiary/aromatic N) is 4. The van der Waals surface area contributed by atoms with Gasteiger partial charge < -0.3 is 0 Å². The standard InChI is InChI=1S/C11H16N4O2/c1-7-5-8(2)14(12-7)9-6-10(16)15(11(9)17)13(3)4/h5,9H,6H2,1-4H3/t9-/m0/s1. The van der Waals surface area contributed by atoms with Gasteiger partial charge in [0.15, 0.2) is 0 Å². The van der Waals surface area contributed by atoms with Crippen LogP contribution in [0.3, 0.4) is 0 Å². The van der Waals surface area contributed by atoms with Crippen molar-refractivity contribution in [1.82, 2.24) is 19.8 Å². The molecule has 1 atom stereocenters. The molecule has 0 aromatic carbocycles. The molecule has 6 nitrogen and oxygen atoms in total. The minimum atomic E-state index is -0.501. The molecule has 0 saturated carbocycles. The lowest BCUT2D eigenvalue weighted by Crippen LogP contribution is -2.42. The van der Waals surface area contributed by atoms with Crippen LogP contribution in [0.4, 0.5) is 0 Å². The molecular weight excluding hydrogens is 220 g/mol. The highest BCUT2D eigenvalue weighted by atomic mass is 16.2. The van der Waals surface area contributed by atoms with Gasteiger partial charge in [0.05, 0.1) is 12.1 Å². The third-order valence-corrected chi connectivity index (χ3v) is 2.84. The number of hydrogen-bond donors (Lipinski definition) is 0. The van der Waals surface area contributed by atoms with Crippen LogP contribution >= 0.6 is 0 Å². The summed E-state index contributed by atoms with van der Waals surface area (Å²) in [6.07, 6.45) is 0.180. The van der Waals surface area contributed by atoms with Gasteiger partial charge in [0.1, 0.15) is 6.04 Å². The zero-order valence-corrected chi connectivity index (χ0v) is 10.5. The highest BCUT2D eigenvalue weighted by Gasteiger charge is 2.42. The molecule has 0 radical (unpaired) electrons. The molecule has 1 aliphatic heterocycles. The first kappa shape index (κ1) is 11.8. The molecule has 1 fully saturated rings. The summed E-state index contributed by atoms with van der Waals surface area (Å²) in [6.45, 7) is 3.75. The van der Waals surface area contributed by atoms with Crippen LogP contribution in [0.2, 0.25) is 0 Å². The maximum Gasteiger partial charge on any atom is 0.269 e. The fourth-order valence-electron chi connectivity index (χ4n) is 2.18. The van der Waals surface area contributed by atoms with Gasteiger partial charge in [-0.25, -0.2) is 10.0 Å². The van der Waals surface area contributed by atoms with E-state index in [1.54, 1.807) is 18.8 Å². The van der Waals surface area contributed by atoms with Crippen LogP contribution in [-0.4, -0.2) is 45.7 Å². The van der Waals surface area contributed by atoms with Gasteiger partial charge in [-0.1, -0.05) is 0 Å². The van der Waals surface area contributed by atoms with Gasteiger partial charge in [-0.05, 0) is 19.9 Å². The van der Waals surface area contributed by atoms with Crippen molar-refractivity contribution in [2.75, 3.05) is 14.1 Å². The second kappa shape index (κ2) is 3.96. The molecule has 0 spiro atoms. The zero-order chi connectivity index (χ0) is 12.7. The zero-order valence-electron chi connectivity index (χ0n) is 10.5. The quantitative estimate of drug-likeness (QED) is 0.692. The van der Waals surface area contributed by atoms with Gasteiger partial charge in [-0.3, -0.25) is 14.3 Å². The van der Waals surface area contributed by atoms with E-state index in [0.717, 1.165) is 11.4 Å². The molecule has 0 unspecified atom stereocenters. The van der Waals surface area contributed by atoms with E-state index in [4.69, 9.17) is 0 Å². The smallest absolute Gasteiger partial charge is 0.269 e. The van der Waals surface area contributed by atoms with Gasteiger partial charge in [-0.2, -0.15) is 5.10 Å². The first-order valence-corrected chi connectivity index (χ1v) is 5.48. The van der Waals surface area contributed by atoms with Crippen molar-refractivity contribution in [3.63, 3.8) is 0 Å². The fraction of sp³-hybridized carbons (Fsp3) is 0.545. The third-order valence-electron chi connectivity index (χ3n) is 2.84. The molecule has 0 bridgehead atoms. The summed E-state index contributed by atoms with van der Waals surface area (Å²) < 4.78 is 1.64. The number of amides is 2. The van der Waals surface area contributed by atoms with Crippen molar-refractivity contribution < 1.29 is 9.59 Å². The molecule has 2 amide bonds. The summed E-state index contributed by atoms with van der Waals surface area (Å²) in [5.41, 5.74) is 1.75. The summed E-state index contributed by atoms with van der Waals surface area (Å²) in [7, 11) is 3.36. The topological polar surface area (TPSA) is 58.4 Å². The van der Waals surface area contributed by atoms with Gasteiger partial charge in [0.25, 0.3) is 5.91 Å². The largest absolute Gasteiger partial charge is 0.273 e. The Kier molecular flexibility index (Phi) is 2.74. The van der Waals surface area contributed by atoms with E-state index in [9.17, 15) is 9.59 Å². The van der Waals surface area contributed by atoms with E-state index in [0.29, 0.717) is 0 Å². The van der Waals surface area contributed by atoms with Gasteiger partial charge in [0, 0.05) is 19.8 Å². The molecule has 2 rings (SSSR count). The highest BCUT2D eigenvalue weighted by Crippen LogP contribution is 2.25. The summed E-state index contributed by atoms with van der Waals surface area (Å²) in [5, 5.41) is 6.95. The average molecular weight is 236 g/mol. The number of aryl methyl sites for hydroxylation is 2. The second-order valence-electron chi connectivity index (χ2n) is 4.48. The van der Waals surface area contributed by atoms with Crippen molar-refractivity contribution >= 4 is 11.8 Å². The molecule has 1 saturated heterocycles. The second-order valence-corrected chi connectivity index (χ2v) is 4.48. The maximum atomic E-state index is 12.1. The SMILES string of the molecule is Cc1cc(C)n([C@H]2CC(=O)N(N(C)C)C2=O)n1. The van der Waals surface area contributed by atoms with Crippen molar-refractivity contribution in [2.24, 2.45) is 0 Å². The number of rotatable bonds is 2. The van der Waals surface area contributed by atoms with Crippen molar-refractivity contribution in [3.05, 3.63) is 17.5 Å². The van der Waals surface area contributed by atoms with Crippen LogP contribution in [0.25, 0.3) is 0 Å². The van der Waals surface area contributed by atoms with E-state index in [1.807, 2.05) is 19.9 Å². The van der Waals surface area contributed by atoms with Gasteiger partial charge in [0.2, 0.25) is 5.91 Å². The van der Waals surface area contributed by atoms with Crippen LogP contribution in [0.5, 0.6) is 0 Å². The summed E-state index contributed by atoms with van der Waals surface area (Å²) >= 11 is 0. The Morgan fingerprint density at radius 2 is 2.00 bits per heavy atom. The molecule has 0 N–H and O–H groups in total. The Labute approximate surface area is 99.8 Å². The number of imide groups is 1. The number of aromatic nitrogens is 2. The molecule has 92 valence electrons. The van der Waals surface area contributed by atoms with Crippen LogP contribution in [0.15, 0.2) is 6.07 Å². The minimum Gasteiger partial charge on any atom is -0.273 e. The highest BCUT2D eigenvalue weighted by molar-refractivity contribution is 6.03.